The number of aliphatic hydroxyl groups excluding tert-OH is 1. The Hall–Kier alpha value is -1.66. The second kappa shape index (κ2) is 4.35. The van der Waals surface area contributed by atoms with E-state index in [2.05, 4.69) is 0 Å². The number of hydrogen-bond donors (Lipinski definition) is 1. The molecule has 0 spiro atoms. The highest BCUT2D eigenvalue weighted by Crippen LogP contribution is 2.68. The Balaban J connectivity index is 1.84. The molecule has 1 aromatic heterocycles. The molecule has 1 N–H and O–H groups in total. The van der Waals surface area contributed by atoms with Crippen molar-refractivity contribution in [2.75, 3.05) is 0 Å². The van der Waals surface area contributed by atoms with Crippen molar-refractivity contribution < 1.29 is 23.8 Å². The monoisotopic (exact) mass is 346 g/mol. The van der Waals surface area contributed by atoms with Crippen LogP contribution in [0.25, 0.3) is 0 Å². The Morgan fingerprint density at radius 1 is 1.28 bits per heavy atom. The minimum atomic E-state index is -0.990. The molecule has 0 radical (unpaired) electrons. The lowest BCUT2D eigenvalue weighted by Crippen LogP contribution is -2.57. The van der Waals surface area contributed by atoms with E-state index in [1.54, 1.807) is 0 Å². The summed E-state index contributed by atoms with van der Waals surface area (Å²) in [4.78, 5) is 24.9. The zero-order chi connectivity index (χ0) is 17.9. The molecule has 2 aliphatic carbocycles. The summed E-state index contributed by atoms with van der Waals surface area (Å²) in [5.41, 5.74) is -0.319. The van der Waals surface area contributed by atoms with E-state index < -0.39 is 28.7 Å². The number of ether oxygens (including phenoxy) is 2. The van der Waals surface area contributed by atoms with Gasteiger partial charge in [0.2, 0.25) is 0 Å². The van der Waals surface area contributed by atoms with Crippen LogP contribution in [0.3, 0.4) is 0 Å². The number of carbonyl (C=O) groups is 1. The molecule has 3 heterocycles. The van der Waals surface area contributed by atoms with Crippen molar-refractivity contribution in [1.82, 2.24) is 0 Å². The fraction of sp³-hybridized carbons (Fsp3) is 0.684. The second-order valence-corrected chi connectivity index (χ2v) is 8.70. The number of fused-ring (bicyclic) bond motifs is 4. The fourth-order valence-corrected chi connectivity index (χ4v) is 5.88. The molecule has 7 atom stereocenters. The van der Waals surface area contributed by atoms with Crippen molar-refractivity contribution in [2.45, 2.75) is 69.9 Å². The van der Waals surface area contributed by atoms with Gasteiger partial charge in [-0.1, -0.05) is 20.8 Å². The smallest absolute Gasteiger partial charge is 0.336 e. The first-order valence-electron chi connectivity index (χ1n) is 8.92. The van der Waals surface area contributed by atoms with Gasteiger partial charge in [-0.05, 0) is 18.9 Å². The molecule has 4 aliphatic rings. The van der Waals surface area contributed by atoms with Gasteiger partial charge in [-0.15, -0.1) is 0 Å². The average molecular weight is 346 g/mol. The minimum Gasteiger partial charge on any atom is -0.458 e. The molecular weight excluding hydrogens is 324 g/mol. The highest BCUT2D eigenvalue weighted by Gasteiger charge is 2.76. The van der Waals surface area contributed by atoms with Crippen LogP contribution in [0.4, 0.5) is 0 Å². The summed E-state index contributed by atoms with van der Waals surface area (Å²) >= 11 is 0. The Morgan fingerprint density at radius 2 is 2.00 bits per heavy atom. The molecule has 0 amide bonds. The number of epoxide rings is 1. The quantitative estimate of drug-likeness (QED) is 0.616. The largest absolute Gasteiger partial charge is 0.458 e. The van der Waals surface area contributed by atoms with Crippen LogP contribution in [-0.4, -0.2) is 29.4 Å². The maximum atomic E-state index is 12.7. The van der Waals surface area contributed by atoms with Crippen LogP contribution in [0.1, 0.15) is 63.0 Å². The highest BCUT2D eigenvalue weighted by atomic mass is 16.6. The van der Waals surface area contributed by atoms with Gasteiger partial charge in [0.05, 0.1) is 17.6 Å². The lowest BCUT2D eigenvalue weighted by atomic mass is 9.49. The summed E-state index contributed by atoms with van der Waals surface area (Å²) in [6.07, 6.45) is -1.08. The number of esters is 1. The first kappa shape index (κ1) is 15.6. The number of rotatable bonds is 1. The van der Waals surface area contributed by atoms with Crippen LogP contribution in [0.15, 0.2) is 15.3 Å². The maximum Gasteiger partial charge on any atom is 0.336 e. The first-order chi connectivity index (χ1) is 11.7. The number of aliphatic hydroxyl groups is 1. The van der Waals surface area contributed by atoms with Gasteiger partial charge >= 0.3 is 11.6 Å². The molecule has 25 heavy (non-hydrogen) atoms. The number of hydrogen-bond acceptors (Lipinski definition) is 6. The maximum absolute atomic E-state index is 12.7. The summed E-state index contributed by atoms with van der Waals surface area (Å²) in [7, 11) is 0. The van der Waals surface area contributed by atoms with E-state index in [0.29, 0.717) is 17.7 Å². The second-order valence-electron chi connectivity index (χ2n) is 8.70. The van der Waals surface area contributed by atoms with Crippen LogP contribution >= 0.6 is 0 Å². The lowest BCUT2D eigenvalue weighted by molar-refractivity contribution is -0.151. The molecule has 1 aromatic rings. The molecule has 2 aliphatic heterocycles. The van der Waals surface area contributed by atoms with E-state index in [1.807, 2.05) is 27.7 Å². The van der Waals surface area contributed by atoms with Gasteiger partial charge in [-0.2, -0.15) is 0 Å². The molecule has 0 bridgehead atoms. The topological polar surface area (TPSA) is 89.3 Å². The van der Waals surface area contributed by atoms with Crippen molar-refractivity contribution >= 4 is 5.97 Å². The SMILES string of the molecule is CC(C)c1oc(=O)cc2c1C(O)C1OC(=O)C3(C)CC4OC4C2(C)C13. The van der Waals surface area contributed by atoms with Crippen LogP contribution < -0.4 is 5.63 Å². The van der Waals surface area contributed by atoms with E-state index in [9.17, 15) is 14.7 Å². The predicted molar refractivity (Wildman–Crippen MR) is 86.1 cm³/mol. The summed E-state index contributed by atoms with van der Waals surface area (Å²) < 4.78 is 17.1. The fourth-order valence-electron chi connectivity index (χ4n) is 5.88. The van der Waals surface area contributed by atoms with Crippen LogP contribution in [0.2, 0.25) is 0 Å². The van der Waals surface area contributed by atoms with Crippen molar-refractivity contribution in [3.8, 4) is 0 Å². The summed E-state index contributed by atoms with van der Waals surface area (Å²) in [6, 6.07) is 1.48. The Kier molecular flexibility index (Phi) is 2.71. The van der Waals surface area contributed by atoms with E-state index in [4.69, 9.17) is 13.9 Å². The Labute approximate surface area is 145 Å². The van der Waals surface area contributed by atoms with Crippen LogP contribution in [0.5, 0.6) is 0 Å². The van der Waals surface area contributed by atoms with E-state index >= 15 is 0 Å². The van der Waals surface area contributed by atoms with Gasteiger partial charge in [0.15, 0.2) is 0 Å². The summed E-state index contributed by atoms with van der Waals surface area (Å²) in [5.74, 6) is -0.0944. The van der Waals surface area contributed by atoms with Gasteiger partial charge in [0.1, 0.15) is 18.0 Å². The number of carbonyl (C=O) groups excluding carboxylic acids is 1. The van der Waals surface area contributed by atoms with Crippen molar-refractivity contribution in [2.24, 2.45) is 11.3 Å². The standard InChI is InChI=1S/C19H22O6/c1-7(2)13-11-8(5-10(20)24-13)19(4)15-14(12(11)21)25-17(22)18(15,3)6-9-16(19)23-9/h5,7,9,12,14-16,21H,6H2,1-4H3. The van der Waals surface area contributed by atoms with Gasteiger partial charge in [-0.3, -0.25) is 4.79 Å². The third kappa shape index (κ3) is 1.63. The van der Waals surface area contributed by atoms with Crippen LogP contribution in [-0.2, 0) is 19.7 Å². The Bertz CT molecular complexity index is 856. The lowest BCUT2D eigenvalue weighted by Gasteiger charge is -2.50. The molecule has 134 valence electrons. The minimum absolute atomic E-state index is 0.00427. The van der Waals surface area contributed by atoms with E-state index in [1.165, 1.54) is 6.07 Å². The zero-order valence-electron chi connectivity index (χ0n) is 14.7. The van der Waals surface area contributed by atoms with Crippen molar-refractivity contribution in [1.29, 1.82) is 0 Å². The normalized spacial score (nSPS) is 46.3. The molecule has 3 fully saturated rings. The molecule has 0 aromatic carbocycles. The average Bonchev–Trinajstić information content (AvgIpc) is 3.25. The zero-order valence-corrected chi connectivity index (χ0v) is 14.7. The molecule has 1 saturated carbocycles. The van der Waals surface area contributed by atoms with E-state index in [-0.39, 0.29) is 30.0 Å². The summed E-state index contributed by atoms with van der Waals surface area (Å²) in [6.45, 7) is 7.79. The van der Waals surface area contributed by atoms with Gasteiger partial charge in [-0.25, -0.2) is 4.79 Å². The molecular formula is C19H22O6. The third-order valence-corrected chi connectivity index (χ3v) is 6.91. The molecule has 2 saturated heterocycles. The predicted octanol–water partition coefficient (Wildman–Crippen LogP) is 1.79. The van der Waals surface area contributed by atoms with Gasteiger partial charge < -0.3 is 19.0 Å². The van der Waals surface area contributed by atoms with Crippen LogP contribution in [0, 0.1) is 11.3 Å². The summed E-state index contributed by atoms with van der Waals surface area (Å²) in [5, 5.41) is 11.1. The first-order valence-corrected chi connectivity index (χ1v) is 8.92. The van der Waals surface area contributed by atoms with Crippen molar-refractivity contribution in [3.05, 3.63) is 33.4 Å². The van der Waals surface area contributed by atoms with Crippen molar-refractivity contribution in [3.63, 3.8) is 0 Å². The third-order valence-electron chi connectivity index (χ3n) is 6.91. The Morgan fingerprint density at radius 3 is 2.68 bits per heavy atom. The van der Waals surface area contributed by atoms with Gasteiger partial charge in [0.25, 0.3) is 0 Å². The van der Waals surface area contributed by atoms with E-state index in [0.717, 1.165) is 5.56 Å². The molecule has 7 unspecified atom stereocenters. The molecule has 6 nitrogen and oxygen atoms in total. The molecule has 6 heteroatoms. The van der Waals surface area contributed by atoms with Gasteiger partial charge in [0, 0.05) is 28.9 Å². The highest BCUT2D eigenvalue weighted by molar-refractivity contribution is 5.81. The molecule has 5 rings (SSSR count).